The quantitative estimate of drug-likeness (QED) is 0.238. The third kappa shape index (κ3) is 6.18. The molecule has 0 saturated carbocycles. The van der Waals surface area contributed by atoms with Gasteiger partial charge in [0.05, 0.1) is 5.02 Å². The zero-order valence-electron chi connectivity index (χ0n) is 16.1. The molecule has 3 aromatic rings. The summed E-state index contributed by atoms with van der Waals surface area (Å²) >= 11 is 5.76. The topological polar surface area (TPSA) is 174 Å². The van der Waals surface area contributed by atoms with Crippen LogP contribution in [0.2, 0.25) is 5.02 Å². The van der Waals surface area contributed by atoms with Gasteiger partial charge < -0.3 is 10.2 Å². The average Bonchev–Trinajstić information content (AvgIpc) is 2.61. The van der Waals surface area contributed by atoms with Crippen molar-refractivity contribution in [2.45, 2.75) is 9.79 Å². The number of rotatable bonds is 4. The minimum Gasteiger partial charge on any atom is -0.506 e. The molecule has 10 nitrogen and oxygen atoms in total. The van der Waals surface area contributed by atoms with Crippen LogP contribution in [-0.4, -0.2) is 95.3 Å². The van der Waals surface area contributed by atoms with Crippen molar-refractivity contribution < 1.29 is 36.2 Å². The van der Waals surface area contributed by atoms with Gasteiger partial charge in [-0.2, -0.15) is 16.8 Å². The number of halogens is 1. The van der Waals surface area contributed by atoms with Crippen molar-refractivity contribution in [1.82, 2.24) is 0 Å². The molecule has 0 saturated heterocycles. The van der Waals surface area contributed by atoms with Crippen LogP contribution >= 0.6 is 11.6 Å². The molecule has 0 unspecified atom stereocenters. The summed E-state index contributed by atoms with van der Waals surface area (Å²) in [5.41, 5.74) is -0.368. The van der Waals surface area contributed by atoms with Gasteiger partial charge in [-0.3, -0.25) is 9.11 Å². The van der Waals surface area contributed by atoms with Gasteiger partial charge in [0.25, 0.3) is 20.2 Å². The van der Waals surface area contributed by atoms with Gasteiger partial charge in [0.1, 0.15) is 26.9 Å². The first-order valence-corrected chi connectivity index (χ1v) is 10.8. The van der Waals surface area contributed by atoms with Crippen molar-refractivity contribution in [2.75, 3.05) is 0 Å². The van der Waals surface area contributed by atoms with Crippen molar-refractivity contribution >= 4 is 113 Å². The van der Waals surface area contributed by atoms with E-state index in [1.165, 1.54) is 24.3 Å². The molecular formula is C16H11ClN2Na2O8S2. The van der Waals surface area contributed by atoms with E-state index in [1.807, 2.05) is 0 Å². The second-order valence-electron chi connectivity index (χ2n) is 5.71. The predicted octanol–water partition coefficient (Wildman–Crippen LogP) is 3.05. The summed E-state index contributed by atoms with van der Waals surface area (Å²) in [4.78, 5) is -1.12. The van der Waals surface area contributed by atoms with Crippen LogP contribution in [-0.2, 0) is 20.2 Å². The Morgan fingerprint density at radius 3 is 1.90 bits per heavy atom. The molecular weight excluding hydrogens is 494 g/mol. The van der Waals surface area contributed by atoms with E-state index in [9.17, 15) is 31.6 Å². The fourth-order valence-corrected chi connectivity index (χ4v) is 4.25. The van der Waals surface area contributed by atoms with Crippen LogP contribution in [0.1, 0.15) is 0 Å². The van der Waals surface area contributed by atoms with Gasteiger partial charge in [0.15, 0.2) is 5.75 Å². The van der Waals surface area contributed by atoms with E-state index in [0.717, 1.165) is 12.1 Å². The van der Waals surface area contributed by atoms with E-state index in [1.54, 1.807) is 0 Å². The van der Waals surface area contributed by atoms with Crippen molar-refractivity contribution in [1.29, 1.82) is 0 Å². The molecule has 0 heterocycles. The molecule has 15 heteroatoms. The van der Waals surface area contributed by atoms with Crippen LogP contribution < -0.4 is 0 Å². The largest absolute Gasteiger partial charge is 0.506 e. The van der Waals surface area contributed by atoms with Gasteiger partial charge >= 0.3 is 0 Å². The summed E-state index contributed by atoms with van der Waals surface area (Å²) in [5.74, 6) is -1.10. The number of aromatic hydroxyl groups is 2. The minimum atomic E-state index is -4.66. The molecule has 154 valence electrons. The Morgan fingerprint density at radius 1 is 0.742 bits per heavy atom. The van der Waals surface area contributed by atoms with Crippen LogP contribution in [0.3, 0.4) is 0 Å². The molecule has 0 spiro atoms. The molecule has 31 heavy (non-hydrogen) atoms. The van der Waals surface area contributed by atoms with Gasteiger partial charge in [-0.1, -0.05) is 29.8 Å². The normalized spacial score (nSPS) is 11.8. The molecule has 3 rings (SSSR count). The molecule has 0 fully saturated rings. The molecule has 4 N–H and O–H groups in total. The fourth-order valence-electron chi connectivity index (χ4n) is 2.52. The molecule has 0 amide bonds. The van der Waals surface area contributed by atoms with Crippen molar-refractivity contribution in [2.24, 2.45) is 10.2 Å². The van der Waals surface area contributed by atoms with E-state index in [0.29, 0.717) is 6.07 Å². The summed E-state index contributed by atoms with van der Waals surface area (Å²) in [7, 11) is -9.18. The maximum absolute atomic E-state index is 11.5. The van der Waals surface area contributed by atoms with Crippen LogP contribution in [0.5, 0.6) is 11.5 Å². The van der Waals surface area contributed by atoms with Crippen LogP contribution in [0.4, 0.5) is 11.4 Å². The Labute approximate surface area is 226 Å². The van der Waals surface area contributed by atoms with E-state index in [4.69, 9.17) is 16.2 Å². The number of hydrogen-bond donors (Lipinski definition) is 4. The Kier molecular flexibility index (Phi) is 9.52. The number of benzene rings is 3. The first-order valence-electron chi connectivity index (χ1n) is 7.53. The van der Waals surface area contributed by atoms with Gasteiger partial charge in [-0.05, 0) is 18.2 Å². The second kappa shape index (κ2) is 10.4. The number of nitrogens with zero attached hydrogens (tertiary/aromatic N) is 2. The zero-order valence-corrected chi connectivity index (χ0v) is 22.4. The number of azo groups is 1. The van der Waals surface area contributed by atoms with Crippen LogP contribution in [0, 0.1) is 0 Å². The van der Waals surface area contributed by atoms with Crippen molar-refractivity contribution in [3.8, 4) is 11.5 Å². The Bertz CT molecular complexity index is 1400. The van der Waals surface area contributed by atoms with Crippen LogP contribution in [0.25, 0.3) is 10.8 Å². The first-order chi connectivity index (χ1) is 13.4. The summed E-state index contributed by atoms with van der Waals surface area (Å²) < 4.78 is 63.6. The van der Waals surface area contributed by atoms with Gasteiger partial charge in [0.2, 0.25) is 0 Å². The number of phenols is 2. The van der Waals surface area contributed by atoms with Crippen LogP contribution in [0.15, 0.2) is 62.5 Å². The Hall–Kier alpha value is -0.770. The Balaban J connectivity index is 0.00000240. The molecule has 0 aromatic heterocycles. The summed E-state index contributed by atoms with van der Waals surface area (Å²) in [6, 6.07) is 8.01. The third-order valence-corrected chi connectivity index (χ3v) is 6.05. The zero-order chi connectivity index (χ0) is 21.6. The number of hydrogen-bond acceptors (Lipinski definition) is 8. The van der Waals surface area contributed by atoms with Gasteiger partial charge in [0, 0.05) is 76.0 Å². The summed E-state index contributed by atoms with van der Waals surface area (Å²) in [6.07, 6.45) is 0. The molecule has 0 aliphatic carbocycles. The standard InChI is InChI=1S/C16H11ClN2O8S2.2Na/c17-10-6-12(13(20)7-15(10)29(25,26)27)19-18-11-5-4-8-9(16(11)21)2-1-3-14(8)28(22,23)24;;/h1-7,20-21H,(H,22,23,24)(H,25,26,27);;. The first kappa shape index (κ1) is 28.3. The summed E-state index contributed by atoms with van der Waals surface area (Å²) in [5, 5.41) is 27.4. The van der Waals surface area contributed by atoms with Crippen molar-refractivity contribution in [3.05, 3.63) is 47.5 Å². The van der Waals surface area contributed by atoms with Gasteiger partial charge in [-0.15, -0.1) is 10.2 Å². The SMILES string of the molecule is O=S(=O)(O)c1cc(O)c(N=Nc2ccc3c(S(=O)(=O)O)cccc3c2O)cc1Cl.[Na].[Na]. The number of phenolic OH excluding ortho intramolecular Hbond substituents is 2. The van der Waals surface area contributed by atoms with Gasteiger partial charge in [-0.25, -0.2) is 0 Å². The number of fused-ring (bicyclic) bond motifs is 1. The van der Waals surface area contributed by atoms with Crippen molar-refractivity contribution in [3.63, 3.8) is 0 Å². The third-order valence-electron chi connectivity index (χ3n) is 3.82. The molecule has 0 atom stereocenters. The minimum absolute atomic E-state index is 0. The molecule has 2 radical (unpaired) electrons. The molecule has 3 aromatic carbocycles. The Morgan fingerprint density at radius 2 is 1.32 bits per heavy atom. The van der Waals surface area contributed by atoms with E-state index in [2.05, 4.69) is 10.2 Å². The maximum Gasteiger partial charge on any atom is 0.296 e. The second-order valence-corrected chi connectivity index (χ2v) is 8.89. The fraction of sp³-hybridized carbons (Fsp3) is 0. The molecule has 0 aliphatic rings. The maximum atomic E-state index is 11.5. The van der Waals surface area contributed by atoms with E-state index in [-0.39, 0.29) is 81.3 Å². The van der Waals surface area contributed by atoms with E-state index < -0.39 is 46.5 Å². The average molecular weight is 505 g/mol. The molecule has 0 aliphatic heterocycles. The predicted molar refractivity (Wildman–Crippen MR) is 114 cm³/mol. The molecule has 0 bridgehead atoms. The monoisotopic (exact) mass is 504 g/mol. The van der Waals surface area contributed by atoms with E-state index >= 15 is 0 Å². The smallest absolute Gasteiger partial charge is 0.296 e. The summed E-state index contributed by atoms with van der Waals surface area (Å²) in [6.45, 7) is 0.